The van der Waals surface area contributed by atoms with E-state index in [4.69, 9.17) is 5.11 Å². The second-order valence-electron chi connectivity index (χ2n) is 5.94. The van der Waals surface area contributed by atoms with Crippen LogP contribution in [-0.2, 0) is 11.0 Å². The highest BCUT2D eigenvalue weighted by Crippen LogP contribution is 2.29. The molecule has 3 rings (SSSR count). The van der Waals surface area contributed by atoms with Crippen molar-refractivity contribution in [3.63, 3.8) is 0 Å². The fourth-order valence-corrected chi connectivity index (χ4v) is 2.70. The van der Waals surface area contributed by atoms with Crippen molar-refractivity contribution < 1.29 is 32.3 Å². The van der Waals surface area contributed by atoms with E-state index in [1.54, 1.807) is 0 Å². The van der Waals surface area contributed by atoms with Gasteiger partial charge in [0.05, 0.1) is 12.2 Å². The van der Waals surface area contributed by atoms with E-state index in [-0.39, 0.29) is 24.2 Å². The fraction of sp³-hybridized carbons (Fsp3) is 0.312. The molecule has 26 heavy (non-hydrogen) atoms. The van der Waals surface area contributed by atoms with Crippen molar-refractivity contribution in [2.45, 2.75) is 18.3 Å². The average Bonchev–Trinajstić information content (AvgIpc) is 3.22. The molecule has 1 N–H and O–H groups in total. The minimum Gasteiger partial charge on any atom is -0.479 e. The van der Waals surface area contributed by atoms with Crippen molar-refractivity contribution in [3.8, 4) is 5.69 Å². The van der Waals surface area contributed by atoms with E-state index < -0.39 is 36.0 Å². The number of carbonyl (C=O) groups excluding carboxylic acids is 1. The van der Waals surface area contributed by atoms with E-state index in [0.29, 0.717) is 0 Å². The number of hydrogen-bond acceptors (Lipinski definition) is 3. The quantitative estimate of drug-likeness (QED) is 0.842. The van der Waals surface area contributed by atoms with Crippen molar-refractivity contribution in [2.24, 2.45) is 0 Å². The molecule has 1 fully saturated rings. The van der Waals surface area contributed by atoms with Crippen LogP contribution < -0.4 is 0 Å². The second-order valence-corrected chi connectivity index (χ2v) is 5.94. The predicted octanol–water partition coefficient (Wildman–Crippen LogP) is 2.53. The number of benzene rings is 1. The molecule has 2 aromatic rings. The van der Waals surface area contributed by atoms with Gasteiger partial charge in [0, 0.05) is 24.7 Å². The minimum atomic E-state index is -4.59. The Hall–Kier alpha value is -2.91. The summed E-state index contributed by atoms with van der Waals surface area (Å²) in [5.41, 5.74) is -3.24. The molecule has 0 spiro atoms. The van der Waals surface area contributed by atoms with E-state index >= 15 is 0 Å². The summed E-state index contributed by atoms with van der Waals surface area (Å²) in [6.07, 6.45) is -3.79. The van der Waals surface area contributed by atoms with E-state index in [0.717, 1.165) is 21.8 Å². The van der Waals surface area contributed by atoms with Crippen molar-refractivity contribution >= 4 is 11.9 Å². The van der Waals surface area contributed by atoms with Gasteiger partial charge in [-0.15, -0.1) is 0 Å². The van der Waals surface area contributed by atoms with Crippen LogP contribution in [0, 0.1) is 0 Å². The summed E-state index contributed by atoms with van der Waals surface area (Å²) in [6.45, 7) is -0.642. The highest BCUT2D eigenvalue weighted by Gasteiger charge is 2.47. The molecule has 1 aliphatic rings. The number of aliphatic carboxylic acids is 1. The van der Waals surface area contributed by atoms with Crippen molar-refractivity contribution in [1.82, 2.24) is 14.7 Å². The highest BCUT2D eigenvalue weighted by atomic mass is 19.4. The number of nitrogens with zero attached hydrogens (tertiary/aromatic N) is 3. The highest BCUT2D eigenvalue weighted by molar-refractivity contribution is 5.95. The average molecular weight is 371 g/mol. The van der Waals surface area contributed by atoms with E-state index in [1.807, 2.05) is 0 Å². The number of halogens is 4. The standard InChI is InChI=1S/C16H13F4N3O3/c17-15(14(25)26)5-7-22(9-15)13(24)10-2-1-3-11(8-10)23-6-4-12(21-23)16(18,19)20/h1-4,6,8H,5,7,9H2,(H,25,26). The molecule has 1 amide bonds. The lowest BCUT2D eigenvalue weighted by molar-refractivity contribution is -0.149. The van der Waals surface area contributed by atoms with Gasteiger partial charge in [0.15, 0.2) is 5.69 Å². The van der Waals surface area contributed by atoms with Gasteiger partial charge in [-0.05, 0) is 24.3 Å². The van der Waals surface area contributed by atoms with E-state index in [9.17, 15) is 27.2 Å². The van der Waals surface area contributed by atoms with Crippen molar-refractivity contribution in [3.05, 3.63) is 47.8 Å². The Morgan fingerprint density at radius 1 is 1.23 bits per heavy atom. The molecule has 1 aromatic carbocycles. The third-order valence-corrected chi connectivity index (χ3v) is 4.13. The molecule has 10 heteroatoms. The first kappa shape index (κ1) is 17.9. The zero-order valence-corrected chi connectivity index (χ0v) is 13.2. The largest absolute Gasteiger partial charge is 0.479 e. The van der Waals surface area contributed by atoms with Crippen LogP contribution in [0.1, 0.15) is 22.5 Å². The molecule has 0 saturated carbocycles. The molecule has 1 unspecified atom stereocenters. The monoisotopic (exact) mass is 371 g/mol. The van der Waals surface area contributed by atoms with Crippen LogP contribution in [0.4, 0.5) is 17.6 Å². The Balaban J connectivity index is 1.83. The summed E-state index contributed by atoms with van der Waals surface area (Å²) in [7, 11) is 0. The van der Waals surface area contributed by atoms with Gasteiger partial charge in [0.1, 0.15) is 0 Å². The molecule has 2 heterocycles. The molecule has 138 valence electrons. The smallest absolute Gasteiger partial charge is 0.435 e. The summed E-state index contributed by atoms with van der Waals surface area (Å²) >= 11 is 0. The van der Waals surface area contributed by atoms with Crippen molar-refractivity contribution in [2.75, 3.05) is 13.1 Å². The maximum Gasteiger partial charge on any atom is 0.435 e. The molecular weight excluding hydrogens is 358 g/mol. The number of alkyl halides is 4. The van der Waals surface area contributed by atoms with Crippen LogP contribution in [-0.4, -0.2) is 50.4 Å². The van der Waals surface area contributed by atoms with Crippen LogP contribution in [0.25, 0.3) is 5.69 Å². The summed E-state index contributed by atoms with van der Waals surface area (Å²) in [4.78, 5) is 24.5. The molecule has 1 aliphatic heterocycles. The van der Waals surface area contributed by atoms with Gasteiger partial charge >= 0.3 is 12.1 Å². The molecule has 0 aliphatic carbocycles. The minimum absolute atomic E-state index is 0.0636. The first-order valence-electron chi connectivity index (χ1n) is 7.55. The molecular formula is C16H13F4N3O3. The van der Waals surface area contributed by atoms with Gasteiger partial charge < -0.3 is 10.0 Å². The van der Waals surface area contributed by atoms with Gasteiger partial charge in [0.25, 0.3) is 5.91 Å². The summed E-state index contributed by atoms with van der Waals surface area (Å²) in [5.74, 6) is -2.23. The summed E-state index contributed by atoms with van der Waals surface area (Å²) in [5, 5.41) is 12.3. The number of carboxylic acids is 1. The molecule has 1 atom stereocenters. The molecule has 0 radical (unpaired) electrons. The zero-order valence-electron chi connectivity index (χ0n) is 13.2. The second kappa shape index (κ2) is 6.11. The van der Waals surface area contributed by atoms with Crippen molar-refractivity contribution in [1.29, 1.82) is 0 Å². The number of hydrogen-bond donors (Lipinski definition) is 1. The number of rotatable bonds is 3. The number of carboxylic acid groups (broad SMARTS) is 1. The van der Waals surface area contributed by atoms with Crippen LogP contribution in [0.2, 0.25) is 0 Å². The van der Waals surface area contributed by atoms with Crippen LogP contribution in [0.3, 0.4) is 0 Å². The Kier molecular flexibility index (Phi) is 4.21. The molecule has 1 saturated heterocycles. The zero-order chi connectivity index (χ0) is 19.1. The van der Waals surface area contributed by atoms with Gasteiger partial charge in [-0.1, -0.05) is 6.07 Å². The molecule has 0 bridgehead atoms. The maximum atomic E-state index is 14.1. The predicted molar refractivity (Wildman–Crippen MR) is 80.6 cm³/mol. The summed E-state index contributed by atoms with van der Waals surface area (Å²) in [6, 6.07) is 6.45. The van der Waals surface area contributed by atoms with Gasteiger partial charge in [0.2, 0.25) is 5.67 Å². The topological polar surface area (TPSA) is 75.4 Å². The van der Waals surface area contributed by atoms with Crippen LogP contribution in [0.5, 0.6) is 0 Å². The maximum absolute atomic E-state index is 14.1. The first-order valence-corrected chi connectivity index (χ1v) is 7.55. The number of likely N-dealkylation sites (tertiary alicyclic amines) is 1. The SMILES string of the molecule is O=C(c1cccc(-n2ccc(C(F)(F)F)n2)c1)N1CCC(F)(C(=O)O)C1. The Morgan fingerprint density at radius 3 is 2.54 bits per heavy atom. The fourth-order valence-electron chi connectivity index (χ4n) is 2.70. The lowest BCUT2D eigenvalue weighted by atomic mass is 10.1. The van der Waals surface area contributed by atoms with E-state index in [2.05, 4.69) is 5.10 Å². The van der Waals surface area contributed by atoms with Gasteiger partial charge in [-0.3, -0.25) is 4.79 Å². The van der Waals surface area contributed by atoms with Crippen LogP contribution in [0.15, 0.2) is 36.5 Å². The van der Waals surface area contributed by atoms with Gasteiger partial charge in [-0.2, -0.15) is 18.3 Å². The van der Waals surface area contributed by atoms with Gasteiger partial charge in [-0.25, -0.2) is 13.9 Å². The Morgan fingerprint density at radius 2 is 1.96 bits per heavy atom. The Labute approximate surface area is 144 Å². The summed E-state index contributed by atoms with van der Waals surface area (Å²) < 4.78 is 53.0. The number of amides is 1. The number of aromatic nitrogens is 2. The number of carbonyl (C=O) groups is 2. The third-order valence-electron chi connectivity index (χ3n) is 4.13. The Bertz CT molecular complexity index is 864. The lowest BCUT2D eigenvalue weighted by Crippen LogP contribution is -2.38. The first-order chi connectivity index (χ1) is 12.1. The third kappa shape index (κ3) is 3.26. The molecule has 6 nitrogen and oxygen atoms in total. The molecule has 1 aromatic heterocycles. The van der Waals surface area contributed by atoms with E-state index in [1.165, 1.54) is 24.3 Å². The normalized spacial score (nSPS) is 20.4. The lowest BCUT2D eigenvalue weighted by Gasteiger charge is -2.18. The van der Waals surface area contributed by atoms with Crippen LogP contribution >= 0.6 is 0 Å².